The number of aromatic nitrogens is 2. The molecule has 30 heavy (non-hydrogen) atoms. The number of nitrogens with one attached hydrogen (secondary N) is 2. The van der Waals surface area contributed by atoms with E-state index in [2.05, 4.69) is 15.7 Å². The summed E-state index contributed by atoms with van der Waals surface area (Å²) in [6.07, 6.45) is 1.23. The third kappa shape index (κ3) is 5.69. The van der Waals surface area contributed by atoms with E-state index in [4.69, 9.17) is 0 Å². The highest BCUT2D eigenvalue weighted by Gasteiger charge is 2.32. The Balaban J connectivity index is 1.59. The van der Waals surface area contributed by atoms with Crippen LogP contribution in [0, 0.1) is 0 Å². The largest absolute Gasteiger partial charge is 0.352 e. The van der Waals surface area contributed by atoms with E-state index in [1.54, 1.807) is 16.1 Å². The van der Waals surface area contributed by atoms with Crippen molar-refractivity contribution in [1.82, 2.24) is 15.1 Å². The number of sulfone groups is 1. The lowest BCUT2D eigenvalue weighted by Crippen LogP contribution is -2.25. The first kappa shape index (κ1) is 22.5. The third-order valence-corrected chi connectivity index (χ3v) is 7.41. The second kappa shape index (κ2) is 8.89. The number of carbonyl (C=O) groups is 2. The van der Waals surface area contributed by atoms with E-state index in [1.807, 2.05) is 32.2 Å². The van der Waals surface area contributed by atoms with Gasteiger partial charge in [0.05, 0.1) is 23.2 Å². The molecule has 8 nitrogen and oxygen atoms in total. The SMILES string of the molecule is CC(C)(C)c1cc(NC(=O)CCCNC(=O)c2ccsc2)n([C@H]2CCS(=O)(=O)C2)n1. The number of nitrogens with zero attached hydrogens (tertiary/aromatic N) is 2. The lowest BCUT2D eigenvalue weighted by Gasteiger charge is -2.15. The van der Waals surface area contributed by atoms with Crippen molar-refractivity contribution in [3.63, 3.8) is 0 Å². The van der Waals surface area contributed by atoms with E-state index in [1.165, 1.54) is 11.3 Å². The molecule has 2 N–H and O–H groups in total. The van der Waals surface area contributed by atoms with Crippen LogP contribution in [-0.2, 0) is 20.0 Å². The van der Waals surface area contributed by atoms with Crippen LogP contribution in [0.15, 0.2) is 22.9 Å². The van der Waals surface area contributed by atoms with Gasteiger partial charge in [0.15, 0.2) is 9.84 Å². The number of thiophene rings is 1. The molecule has 2 aromatic heterocycles. The zero-order valence-electron chi connectivity index (χ0n) is 17.5. The second-order valence-electron chi connectivity index (χ2n) is 8.59. The number of rotatable bonds is 7. The molecule has 3 rings (SSSR count). The van der Waals surface area contributed by atoms with Crippen LogP contribution in [-0.4, -0.2) is 48.1 Å². The Labute approximate surface area is 181 Å². The molecular formula is C20H28N4O4S2. The van der Waals surface area contributed by atoms with Crippen LogP contribution in [0.4, 0.5) is 5.82 Å². The average molecular weight is 453 g/mol. The summed E-state index contributed by atoms with van der Waals surface area (Å²) in [4.78, 5) is 24.4. The highest BCUT2D eigenvalue weighted by Crippen LogP contribution is 2.30. The summed E-state index contributed by atoms with van der Waals surface area (Å²) in [6, 6.07) is 3.30. The van der Waals surface area contributed by atoms with Crippen molar-refractivity contribution in [3.8, 4) is 0 Å². The number of hydrogen-bond acceptors (Lipinski definition) is 6. The fourth-order valence-corrected chi connectivity index (χ4v) is 5.58. The Morgan fingerprint density at radius 1 is 1.33 bits per heavy atom. The van der Waals surface area contributed by atoms with Gasteiger partial charge in [0, 0.05) is 35.4 Å². The van der Waals surface area contributed by atoms with Gasteiger partial charge in [-0.1, -0.05) is 20.8 Å². The first-order valence-electron chi connectivity index (χ1n) is 9.96. The van der Waals surface area contributed by atoms with E-state index in [0.29, 0.717) is 30.8 Å². The smallest absolute Gasteiger partial charge is 0.252 e. The fourth-order valence-electron chi connectivity index (χ4n) is 3.25. The van der Waals surface area contributed by atoms with Gasteiger partial charge in [-0.05, 0) is 24.3 Å². The van der Waals surface area contributed by atoms with Crippen LogP contribution < -0.4 is 10.6 Å². The molecule has 0 unspecified atom stereocenters. The second-order valence-corrected chi connectivity index (χ2v) is 11.6. The van der Waals surface area contributed by atoms with Crippen molar-refractivity contribution in [2.24, 2.45) is 0 Å². The number of amides is 2. The maximum Gasteiger partial charge on any atom is 0.252 e. The van der Waals surface area contributed by atoms with Crippen molar-refractivity contribution in [3.05, 3.63) is 34.2 Å². The Hall–Kier alpha value is -2.20. The van der Waals surface area contributed by atoms with Crippen LogP contribution in [0.5, 0.6) is 0 Å². The zero-order chi connectivity index (χ0) is 21.9. The molecule has 1 saturated heterocycles. The van der Waals surface area contributed by atoms with E-state index in [9.17, 15) is 18.0 Å². The Bertz CT molecular complexity index is 1000. The molecule has 10 heteroatoms. The topological polar surface area (TPSA) is 110 Å². The monoisotopic (exact) mass is 452 g/mol. The third-order valence-electron chi connectivity index (χ3n) is 4.98. The van der Waals surface area contributed by atoms with Gasteiger partial charge in [-0.2, -0.15) is 16.4 Å². The van der Waals surface area contributed by atoms with Crippen molar-refractivity contribution < 1.29 is 18.0 Å². The van der Waals surface area contributed by atoms with Gasteiger partial charge in [0.1, 0.15) is 5.82 Å². The molecule has 2 amide bonds. The minimum Gasteiger partial charge on any atom is -0.352 e. The van der Waals surface area contributed by atoms with Crippen LogP contribution in [0.1, 0.15) is 62.1 Å². The van der Waals surface area contributed by atoms with Crippen LogP contribution in [0.3, 0.4) is 0 Å². The normalized spacial score (nSPS) is 18.3. The highest BCUT2D eigenvalue weighted by molar-refractivity contribution is 7.91. The molecule has 0 bridgehead atoms. The van der Waals surface area contributed by atoms with Gasteiger partial charge < -0.3 is 10.6 Å². The Morgan fingerprint density at radius 3 is 2.70 bits per heavy atom. The molecule has 0 aliphatic carbocycles. The van der Waals surface area contributed by atoms with Crippen molar-refractivity contribution >= 4 is 38.8 Å². The summed E-state index contributed by atoms with van der Waals surface area (Å²) in [7, 11) is -3.07. The summed E-state index contributed by atoms with van der Waals surface area (Å²) in [5.74, 6) is 0.360. The molecule has 0 spiro atoms. The summed E-state index contributed by atoms with van der Waals surface area (Å²) < 4.78 is 25.5. The number of hydrogen-bond donors (Lipinski definition) is 2. The lowest BCUT2D eigenvalue weighted by atomic mass is 9.92. The van der Waals surface area contributed by atoms with E-state index >= 15 is 0 Å². The van der Waals surface area contributed by atoms with E-state index in [0.717, 1.165) is 5.69 Å². The van der Waals surface area contributed by atoms with Gasteiger partial charge >= 0.3 is 0 Å². The number of anilines is 1. The van der Waals surface area contributed by atoms with Gasteiger partial charge in [-0.25, -0.2) is 13.1 Å². The van der Waals surface area contributed by atoms with Crippen molar-refractivity contribution in [2.75, 3.05) is 23.4 Å². The lowest BCUT2D eigenvalue weighted by molar-refractivity contribution is -0.116. The molecule has 3 heterocycles. The van der Waals surface area contributed by atoms with E-state index < -0.39 is 9.84 Å². The van der Waals surface area contributed by atoms with Gasteiger partial charge in [0.2, 0.25) is 5.91 Å². The highest BCUT2D eigenvalue weighted by atomic mass is 32.2. The molecule has 1 aliphatic rings. The predicted molar refractivity (Wildman–Crippen MR) is 118 cm³/mol. The molecular weight excluding hydrogens is 424 g/mol. The maximum absolute atomic E-state index is 12.5. The average Bonchev–Trinajstić information content (AvgIpc) is 3.37. The van der Waals surface area contributed by atoms with Crippen molar-refractivity contribution in [2.45, 2.75) is 51.5 Å². The van der Waals surface area contributed by atoms with Crippen molar-refractivity contribution in [1.29, 1.82) is 0 Å². The Morgan fingerprint density at radius 2 is 2.10 bits per heavy atom. The molecule has 1 fully saturated rings. The van der Waals surface area contributed by atoms with Crippen LogP contribution >= 0.6 is 11.3 Å². The summed E-state index contributed by atoms with van der Waals surface area (Å²) in [5, 5.41) is 13.9. The van der Waals surface area contributed by atoms with E-state index in [-0.39, 0.29) is 41.2 Å². The summed E-state index contributed by atoms with van der Waals surface area (Å²) in [5.41, 5.74) is 1.19. The molecule has 1 aliphatic heterocycles. The van der Waals surface area contributed by atoms with Gasteiger partial charge in [-0.3, -0.25) is 9.59 Å². The quantitative estimate of drug-likeness (QED) is 0.628. The number of carbonyl (C=O) groups excluding carboxylic acids is 2. The first-order chi connectivity index (χ1) is 14.0. The molecule has 0 saturated carbocycles. The summed E-state index contributed by atoms with van der Waals surface area (Å²) in [6.45, 7) is 6.46. The maximum atomic E-state index is 12.5. The minimum absolute atomic E-state index is 0.0374. The molecule has 0 radical (unpaired) electrons. The molecule has 2 aromatic rings. The van der Waals surface area contributed by atoms with Gasteiger partial charge in [0.25, 0.3) is 5.91 Å². The fraction of sp³-hybridized carbons (Fsp3) is 0.550. The minimum atomic E-state index is -3.07. The van der Waals surface area contributed by atoms with Crippen LogP contribution in [0.25, 0.3) is 0 Å². The molecule has 164 valence electrons. The Kier molecular flexibility index (Phi) is 6.66. The first-order valence-corrected chi connectivity index (χ1v) is 12.7. The molecule has 1 atom stereocenters. The zero-order valence-corrected chi connectivity index (χ0v) is 19.1. The predicted octanol–water partition coefficient (Wildman–Crippen LogP) is 2.75. The van der Waals surface area contributed by atoms with Crippen LogP contribution in [0.2, 0.25) is 0 Å². The summed E-state index contributed by atoms with van der Waals surface area (Å²) >= 11 is 1.46. The standard InChI is InChI=1S/C20H28N4O4S2/c1-20(2,3)16-11-17(24(23-16)15-7-10-30(27,28)13-15)22-18(25)5-4-8-21-19(26)14-6-9-29-12-14/h6,9,11-12,15H,4-5,7-8,10,13H2,1-3H3,(H,21,26)(H,22,25)/t15-/m0/s1. The van der Waals surface area contributed by atoms with Gasteiger partial charge in [-0.15, -0.1) is 0 Å². The molecule has 0 aromatic carbocycles.